The lowest BCUT2D eigenvalue weighted by Gasteiger charge is -2.23. The second-order valence-electron chi connectivity index (χ2n) is 7.82. The normalized spacial score (nSPS) is 12.8. The Bertz CT molecular complexity index is 1460. The van der Waals surface area contributed by atoms with Gasteiger partial charge < -0.3 is 14.4 Å². The molecule has 0 bridgehead atoms. The summed E-state index contributed by atoms with van der Waals surface area (Å²) >= 11 is 0. The maximum Gasteiger partial charge on any atom is 0.323 e. The zero-order valence-electron chi connectivity index (χ0n) is 18.0. The zero-order valence-corrected chi connectivity index (χ0v) is 18.0. The van der Waals surface area contributed by atoms with E-state index < -0.39 is 11.9 Å². The number of aromatic nitrogens is 1. The smallest absolute Gasteiger partial charge is 0.323 e. The van der Waals surface area contributed by atoms with Crippen LogP contribution in [0.5, 0.6) is 5.75 Å². The number of carbonyl (C=O) groups is 2. The number of nitrogens with zero attached hydrogens (tertiary/aromatic N) is 3. The maximum atomic E-state index is 13.8. The third kappa shape index (κ3) is 3.67. The Kier molecular flexibility index (Phi) is 5.32. The fourth-order valence-electron chi connectivity index (χ4n) is 4.20. The van der Waals surface area contributed by atoms with Gasteiger partial charge in [-0.2, -0.15) is 5.26 Å². The molecule has 7 nitrogen and oxygen atoms in total. The standard InChI is InChI=1S/C27H19N3O4/c28-14-19(13-20-15-29(16-26(31)32)23-10-4-2-8-21(20)23)27(33)30-22-9-3-1-7-18(22)17-34-25-12-6-5-11-24(25)30/h1-13,15H,16-17H2,(H,31,32). The Morgan fingerprint density at radius 1 is 1.00 bits per heavy atom. The van der Waals surface area contributed by atoms with Gasteiger partial charge in [0, 0.05) is 28.2 Å². The van der Waals surface area contributed by atoms with E-state index in [1.165, 1.54) is 11.0 Å². The van der Waals surface area contributed by atoms with Crippen LogP contribution in [0.2, 0.25) is 0 Å². The number of anilines is 2. The first kappa shape index (κ1) is 21.0. The molecule has 0 saturated carbocycles. The van der Waals surface area contributed by atoms with E-state index in [2.05, 4.69) is 0 Å². The molecule has 7 heteroatoms. The van der Waals surface area contributed by atoms with Gasteiger partial charge in [-0.05, 0) is 30.3 Å². The van der Waals surface area contributed by atoms with Gasteiger partial charge >= 0.3 is 5.97 Å². The molecular weight excluding hydrogens is 430 g/mol. The summed E-state index contributed by atoms with van der Waals surface area (Å²) in [5.74, 6) is -0.934. The summed E-state index contributed by atoms with van der Waals surface area (Å²) in [7, 11) is 0. The Balaban J connectivity index is 1.65. The lowest BCUT2D eigenvalue weighted by molar-refractivity contribution is -0.137. The number of carboxylic acids is 1. The Labute approximate surface area is 195 Å². The van der Waals surface area contributed by atoms with Gasteiger partial charge in [0.1, 0.15) is 30.5 Å². The minimum Gasteiger partial charge on any atom is -0.487 e. The second kappa shape index (κ2) is 8.60. The molecule has 2 heterocycles. The van der Waals surface area contributed by atoms with E-state index in [1.807, 2.05) is 66.7 Å². The Hall–Kier alpha value is -4.83. The van der Waals surface area contributed by atoms with Crippen LogP contribution >= 0.6 is 0 Å². The summed E-state index contributed by atoms with van der Waals surface area (Å²) in [6.07, 6.45) is 3.16. The van der Waals surface area contributed by atoms with Crippen LogP contribution in [0.25, 0.3) is 17.0 Å². The molecule has 0 aliphatic carbocycles. The first-order valence-corrected chi connectivity index (χ1v) is 10.6. The minimum absolute atomic E-state index is 0.0789. The predicted molar refractivity (Wildman–Crippen MR) is 128 cm³/mol. The Morgan fingerprint density at radius 2 is 1.71 bits per heavy atom. The molecule has 0 spiro atoms. The van der Waals surface area contributed by atoms with Crippen molar-refractivity contribution in [2.45, 2.75) is 13.2 Å². The van der Waals surface area contributed by atoms with Gasteiger partial charge in [0.2, 0.25) is 0 Å². The summed E-state index contributed by atoms with van der Waals surface area (Å²) in [6, 6.07) is 24.0. The maximum absolute atomic E-state index is 13.8. The monoisotopic (exact) mass is 449 g/mol. The van der Waals surface area contributed by atoms with Crippen molar-refractivity contribution in [3.8, 4) is 11.8 Å². The number of carboxylic acid groups (broad SMARTS) is 1. The average molecular weight is 449 g/mol. The van der Waals surface area contributed by atoms with Crippen LogP contribution in [0.4, 0.5) is 11.4 Å². The molecule has 0 fully saturated rings. The third-order valence-corrected chi connectivity index (χ3v) is 5.70. The average Bonchev–Trinajstić information content (AvgIpc) is 3.09. The molecule has 1 aliphatic heterocycles. The highest BCUT2D eigenvalue weighted by atomic mass is 16.5. The topological polar surface area (TPSA) is 95.6 Å². The lowest BCUT2D eigenvalue weighted by atomic mass is 10.1. The van der Waals surface area contributed by atoms with Crippen molar-refractivity contribution in [2.24, 2.45) is 0 Å². The van der Waals surface area contributed by atoms with E-state index in [9.17, 15) is 20.0 Å². The molecule has 0 radical (unpaired) electrons. The quantitative estimate of drug-likeness (QED) is 0.354. The summed E-state index contributed by atoms with van der Waals surface area (Å²) in [4.78, 5) is 26.6. The van der Waals surface area contributed by atoms with Crippen molar-refractivity contribution >= 4 is 40.2 Å². The molecule has 3 aromatic carbocycles. The second-order valence-corrected chi connectivity index (χ2v) is 7.82. The molecule has 1 N–H and O–H groups in total. The van der Waals surface area contributed by atoms with Crippen molar-refractivity contribution in [1.82, 2.24) is 4.57 Å². The van der Waals surface area contributed by atoms with Crippen molar-refractivity contribution in [3.05, 3.63) is 95.7 Å². The molecule has 1 amide bonds. The molecule has 4 aromatic rings. The molecule has 0 unspecified atom stereocenters. The number of rotatable bonds is 4. The van der Waals surface area contributed by atoms with Crippen LogP contribution in [-0.2, 0) is 22.7 Å². The number of amides is 1. The highest BCUT2D eigenvalue weighted by Gasteiger charge is 2.29. The van der Waals surface area contributed by atoms with E-state index >= 15 is 0 Å². The van der Waals surface area contributed by atoms with Crippen molar-refractivity contribution in [1.29, 1.82) is 5.26 Å². The van der Waals surface area contributed by atoms with Gasteiger partial charge in [-0.15, -0.1) is 0 Å². The van der Waals surface area contributed by atoms with Crippen LogP contribution in [0.15, 0.2) is 84.6 Å². The molecule has 1 aliphatic rings. The number of hydrogen-bond acceptors (Lipinski definition) is 4. The number of hydrogen-bond donors (Lipinski definition) is 1. The number of ether oxygens (including phenoxy) is 1. The highest BCUT2D eigenvalue weighted by Crippen LogP contribution is 2.40. The summed E-state index contributed by atoms with van der Waals surface area (Å²) < 4.78 is 7.52. The van der Waals surface area contributed by atoms with E-state index in [-0.39, 0.29) is 12.1 Å². The molecule has 166 valence electrons. The van der Waals surface area contributed by atoms with Gasteiger partial charge in [0.25, 0.3) is 5.91 Å². The summed E-state index contributed by atoms with van der Waals surface area (Å²) in [6.45, 7) is 0.0691. The number of para-hydroxylation sites is 4. The molecule has 34 heavy (non-hydrogen) atoms. The van der Waals surface area contributed by atoms with Crippen molar-refractivity contribution < 1.29 is 19.4 Å². The summed E-state index contributed by atoms with van der Waals surface area (Å²) in [5, 5.41) is 20.0. The zero-order chi connectivity index (χ0) is 23.7. The molecule has 1 aromatic heterocycles. The van der Waals surface area contributed by atoms with E-state index in [0.29, 0.717) is 34.8 Å². The molecular formula is C27H19N3O4. The van der Waals surface area contributed by atoms with E-state index in [1.54, 1.807) is 22.9 Å². The first-order chi connectivity index (χ1) is 16.6. The van der Waals surface area contributed by atoms with Gasteiger partial charge in [-0.1, -0.05) is 48.5 Å². The Morgan fingerprint density at radius 3 is 2.50 bits per heavy atom. The molecule has 0 saturated heterocycles. The van der Waals surface area contributed by atoms with E-state index in [4.69, 9.17) is 4.74 Å². The number of carbonyl (C=O) groups excluding carboxylic acids is 1. The minimum atomic E-state index is -0.981. The lowest BCUT2D eigenvalue weighted by Crippen LogP contribution is -2.27. The SMILES string of the molecule is N#CC(=Cc1cn(CC(=O)O)c2ccccc12)C(=O)N1c2ccccc2COc2ccccc21. The van der Waals surface area contributed by atoms with Crippen LogP contribution in [0.3, 0.4) is 0 Å². The van der Waals surface area contributed by atoms with Gasteiger partial charge in [-0.25, -0.2) is 0 Å². The number of fused-ring (bicyclic) bond motifs is 3. The number of aliphatic carboxylic acids is 1. The van der Waals surface area contributed by atoms with Crippen molar-refractivity contribution in [3.63, 3.8) is 0 Å². The summed E-state index contributed by atoms with van der Waals surface area (Å²) in [5.41, 5.74) is 3.24. The first-order valence-electron chi connectivity index (χ1n) is 10.6. The molecule has 0 atom stereocenters. The fraction of sp³-hybridized carbons (Fsp3) is 0.0741. The number of benzene rings is 3. The number of nitriles is 1. The van der Waals surface area contributed by atoms with Crippen molar-refractivity contribution in [2.75, 3.05) is 4.90 Å². The van der Waals surface area contributed by atoms with Gasteiger partial charge in [0.15, 0.2) is 0 Å². The van der Waals surface area contributed by atoms with Gasteiger partial charge in [0.05, 0.1) is 11.4 Å². The van der Waals surface area contributed by atoms with Gasteiger partial charge in [-0.3, -0.25) is 14.5 Å². The highest BCUT2D eigenvalue weighted by molar-refractivity contribution is 6.16. The fourth-order valence-corrected chi connectivity index (χ4v) is 4.20. The molecule has 5 rings (SSSR count). The van der Waals surface area contributed by atoms with Crippen LogP contribution in [0.1, 0.15) is 11.1 Å². The van der Waals surface area contributed by atoms with Crippen LogP contribution in [-0.4, -0.2) is 21.6 Å². The van der Waals surface area contributed by atoms with Crippen LogP contribution < -0.4 is 9.64 Å². The largest absolute Gasteiger partial charge is 0.487 e. The third-order valence-electron chi connectivity index (χ3n) is 5.70. The van der Waals surface area contributed by atoms with E-state index in [0.717, 1.165) is 10.9 Å². The predicted octanol–water partition coefficient (Wildman–Crippen LogP) is 4.89. The van der Waals surface area contributed by atoms with Crippen LogP contribution in [0, 0.1) is 11.3 Å².